The summed E-state index contributed by atoms with van der Waals surface area (Å²) >= 11 is 5.81. The van der Waals surface area contributed by atoms with E-state index in [9.17, 15) is 19.2 Å². The fraction of sp³-hybridized carbons (Fsp3) is 0.219. The smallest absolute Gasteiger partial charge is 0.338 e. The minimum Gasteiger partial charge on any atom is -0.462 e. The maximum atomic E-state index is 13.9. The van der Waals surface area contributed by atoms with Gasteiger partial charge in [0.1, 0.15) is 12.6 Å². The molecule has 4 aromatic rings. The number of rotatable bonds is 10. The lowest BCUT2D eigenvalue weighted by molar-refractivity contribution is -0.746. The number of ether oxygens (including phenoxy) is 1. The molecular weight excluding hydrogens is 596 g/mol. The molecule has 3 aromatic carbocycles. The normalized spacial score (nSPS) is 14.4. The summed E-state index contributed by atoms with van der Waals surface area (Å²) in [5.41, 5.74) is 3.21. The van der Waals surface area contributed by atoms with E-state index in [4.69, 9.17) is 21.5 Å². The van der Waals surface area contributed by atoms with Crippen molar-refractivity contribution in [3.8, 4) is 0 Å². The number of carbonyl (C=O) groups is 4. The van der Waals surface area contributed by atoms with Crippen LogP contribution in [0.2, 0.25) is 0 Å². The summed E-state index contributed by atoms with van der Waals surface area (Å²) in [6.07, 6.45) is -0.234. The highest BCUT2D eigenvalue weighted by Crippen LogP contribution is 2.30. The maximum Gasteiger partial charge on any atom is 0.338 e. The number of hydrogen-bond donors (Lipinski definition) is 2. The predicted octanol–water partition coefficient (Wildman–Crippen LogP) is 3.77. The van der Waals surface area contributed by atoms with Crippen molar-refractivity contribution in [3.63, 3.8) is 0 Å². The van der Waals surface area contributed by atoms with Crippen LogP contribution in [0.15, 0.2) is 83.4 Å². The van der Waals surface area contributed by atoms with Gasteiger partial charge in [0, 0.05) is 11.3 Å². The first kappa shape index (κ1) is 31.0. The summed E-state index contributed by atoms with van der Waals surface area (Å²) < 4.78 is 11.9. The zero-order valence-electron chi connectivity index (χ0n) is 24.9. The molecule has 12 nitrogen and oxygen atoms in total. The third kappa shape index (κ3) is 6.88. The van der Waals surface area contributed by atoms with E-state index in [1.165, 1.54) is 9.58 Å². The number of aromatic nitrogens is 2. The first-order valence-corrected chi connectivity index (χ1v) is 14.6. The van der Waals surface area contributed by atoms with Crippen LogP contribution in [0, 0.1) is 6.92 Å². The molecule has 0 radical (unpaired) electrons. The molecule has 0 aliphatic carbocycles. The minimum absolute atomic E-state index is 0.00349. The number of thiocarbonyl (C=S) groups is 1. The van der Waals surface area contributed by atoms with Gasteiger partial charge in [-0.15, -0.1) is 0 Å². The molecule has 1 aromatic heterocycles. The Kier molecular flexibility index (Phi) is 9.28. The second kappa shape index (κ2) is 13.5. The molecule has 1 unspecified atom stereocenters. The SMILES string of the molecule is CCOC(=O)c1ccc(NC(=O)CC2C(=O)N(c3ccc(C)cc3)C(=S)N2Cc2c(NC(=O)c3ccccc3)on[n+]2C)cc1. The van der Waals surface area contributed by atoms with Crippen molar-refractivity contribution in [2.24, 2.45) is 7.05 Å². The molecule has 45 heavy (non-hydrogen) atoms. The molecule has 1 aliphatic rings. The van der Waals surface area contributed by atoms with Crippen LogP contribution in [0.4, 0.5) is 17.3 Å². The fourth-order valence-electron chi connectivity index (χ4n) is 4.78. The molecule has 5 rings (SSSR count). The Morgan fingerprint density at radius 1 is 0.978 bits per heavy atom. The molecule has 3 amide bonds. The average molecular weight is 628 g/mol. The Balaban J connectivity index is 1.39. The number of benzene rings is 3. The van der Waals surface area contributed by atoms with Gasteiger partial charge in [-0.2, -0.15) is 0 Å². The van der Waals surface area contributed by atoms with E-state index in [0.29, 0.717) is 28.2 Å². The summed E-state index contributed by atoms with van der Waals surface area (Å²) in [5.74, 6) is -1.61. The summed E-state index contributed by atoms with van der Waals surface area (Å²) in [6.45, 7) is 3.90. The lowest BCUT2D eigenvalue weighted by atomic mass is 10.1. The van der Waals surface area contributed by atoms with Crippen LogP contribution < -0.4 is 20.2 Å². The molecule has 2 heterocycles. The molecule has 1 aliphatic heterocycles. The standard InChI is InChI=1S/C32H30N6O6S/c1-4-43-31(42)22-12-14-23(15-13-22)33-27(39)18-25-30(41)38(24-16-10-20(2)11-17-24)32(45)37(25)19-26-29(44-35-36(26)3)34-28(40)21-8-6-5-7-9-21/h5-17,25H,4,18-19H2,1-3H3,(H-,33,34,35,39,40,42)/p+1. The van der Waals surface area contributed by atoms with Crippen molar-refractivity contribution in [3.05, 3.63) is 101 Å². The molecule has 1 fully saturated rings. The first-order chi connectivity index (χ1) is 21.7. The monoisotopic (exact) mass is 627 g/mol. The Labute approximate surface area is 264 Å². The molecule has 2 N–H and O–H groups in total. The van der Waals surface area contributed by atoms with Gasteiger partial charge in [-0.25, -0.2) is 4.79 Å². The second-order valence-electron chi connectivity index (χ2n) is 10.3. The Hall–Kier alpha value is -5.43. The number of carbonyl (C=O) groups excluding carboxylic acids is 4. The van der Waals surface area contributed by atoms with Crippen molar-refractivity contribution in [2.45, 2.75) is 32.9 Å². The number of esters is 1. The summed E-state index contributed by atoms with van der Waals surface area (Å²) in [4.78, 5) is 55.0. The van der Waals surface area contributed by atoms with Gasteiger partial charge in [0.05, 0.1) is 24.3 Å². The highest BCUT2D eigenvalue weighted by Gasteiger charge is 2.46. The van der Waals surface area contributed by atoms with E-state index in [0.717, 1.165) is 5.56 Å². The Morgan fingerprint density at radius 3 is 2.33 bits per heavy atom. The maximum absolute atomic E-state index is 13.9. The van der Waals surface area contributed by atoms with Gasteiger partial charge in [0.15, 0.2) is 12.2 Å². The minimum atomic E-state index is -0.981. The van der Waals surface area contributed by atoms with E-state index in [2.05, 4.69) is 15.9 Å². The number of hydrogen-bond acceptors (Lipinski definition) is 8. The largest absolute Gasteiger partial charge is 0.462 e. The Morgan fingerprint density at radius 2 is 1.67 bits per heavy atom. The first-order valence-electron chi connectivity index (χ1n) is 14.2. The predicted molar refractivity (Wildman–Crippen MR) is 168 cm³/mol. The van der Waals surface area contributed by atoms with Crippen molar-refractivity contribution in [2.75, 3.05) is 22.1 Å². The van der Waals surface area contributed by atoms with Gasteiger partial charge in [0.2, 0.25) is 11.2 Å². The highest BCUT2D eigenvalue weighted by atomic mass is 32.1. The van der Waals surface area contributed by atoms with E-state index in [-0.39, 0.29) is 36.5 Å². The molecule has 13 heteroatoms. The van der Waals surface area contributed by atoms with Gasteiger partial charge < -0.3 is 15.0 Å². The summed E-state index contributed by atoms with van der Waals surface area (Å²) in [6, 6.07) is 21.2. The average Bonchev–Trinajstić information content (AvgIpc) is 3.49. The Bertz CT molecular complexity index is 1740. The number of nitrogens with zero attached hydrogens (tertiary/aromatic N) is 4. The van der Waals surface area contributed by atoms with Crippen LogP contribution >= 0.6 is 12.2 Å². The van der Waals surface area contributed by atoms with Gasteiger partial charge in [-0.05, 0) is 79.3 Å². The van der Waals surface area contributed by atoms with Crippen LogP contribution in [0.1, 0.15) is 45.3 Å². The van der Waals surface area contributed by atoms with Crippen molar-refractivity contribution >= 4 is 58.3 Å². The number of nitrogens with one attached hydrogen (secondary N) is 2. The van der Waals surface area contributed by atoms with Gasteiger partial charge >= 0.3 is 11.9 Å². The van der Waals surface area contributed by atoms with E-state index < -0.39 is 23.8 Å². The fourth-order valence-corrected chi connectivity index (χ4v) is 5.17. The van der Waals surface area contributed by atoms with Crippen LogP contribution in [0.5, 0.6) is 0 Å². The molecule has 1 atom stereocenters. The molecule has 0 spiro atoms. The molecular formula is C32H31N6O6S+. The molecule has 1 saturated heterocycles. The van der Waals surface area contributed by atoms with Crippen molar-refractivity contribution in [1.29, 1.82) is 0 Å². The number of amides is 3. The van der Waals surface area contributed by atoms with E-state index in [1.807, 2.05) is 19.1 Å². The van der Waals surface area contributed by atoms with Crippen LogP contribution in [-0.2, 0) is 27.9 Å². The summed E-state index contributed by atoms with van der Waals surface area (Å²) in [7, 11) is 1.64. The second-order valence-corrected chi connectivity index (χ2v) is 10.6. The molecule has 0 saturated carbocycles. The highest BCUT2D eigenvalue weighted by molar-refractivity contribution is 7.80. The van der Waals surface area contributed by atoms with Crippen molar-refractivity contribution < 1.29 is 33.1 Å². The van der Waals surface area contributed by atoms with E-state index >= 15 is 0 Å². The third-order valence-corrected chi connectivity index (χ3v) is 7.58. The zero-order valence-corrected chi connectivity index (χ0v) is 25.7. The zero-order chi connectivity index (χ0) is 32.1. The molecule has 0 bridgehead atoms. The van der Waals surface area contributed by atoms with Crippen LogP contribution in [-0.4, -0.2) is 51.6 Å². The summed E-state index contributed by atoms with van der Waals surface area (Å²) in [5, 5.41) is 9.66. The van der Waals surface area contributed by atoms with Crippen LogP contribution in [0.25, 0.3) is 0 Å². The van der Waals surface area contributed by atoms with Gasteiger partial charge in [0.25, 0.3) is 17.5 Å². The lowest BCUT2D eigenvalue weighted by Gasteiger charge is -2.22. The number of anilines is 3. The topological polar surface area (TPSA) is 138 Å². The van der Waals surface area contributed by atoms with Gasteiger partial charge in [-0.1, -0.05) is 35.9 Å². The quantitative estimate of drug-likeness (QED) is 0.153. The van der Waals surface area contributed by atoms with Gasteiger partial charge in [-0.3, -0.25) is 29.1 Å². The lowest BCUT2D eigenvalue weighted by Crippen LogP contribution is -2.43. The number of aryl methyl sites for hydroxylation is 2. The van der Waals surface area contributed by atoms with Crippen molar-refractivity contribution in [1.82, 2.24) is 10.2 Å². The third-order valence-electron chi connectivity index (χ3n) is 7.16. The van der Waals surface area contributed by atoms with Crippen LogP contribution in [0.3, 0.4) is 0 Å². The van der Waals surface area contributed by atoms with E-state index in [1.54, 1.807) is 85.6 Å². The molecule has 230 valence electrons.